The molecule has 2 N–H and O–H groups in total. The van der Waals surface area contributed by atoms with E-state index < -0.39 is 10.0 Å². The van der Waals surface area contributed by atoms with Crippen LogP contribution in [0.4, 0.5) is 5.69 Å². The second kappa shape index (κ2) is 4.79. The number of nitrogens with zero attached hydrogens (tertiary/aromatic N) is 2. The van der Waals surface area contributed by atoms with Crippen LogP contribution in [0.5, 0.6) is 5.75 Å². The number of benzene rings is 1. The van der Waals surface area contributed by atoms with Gasteiger partial charge in [0.2, 0.25) is 5.28 Å². The van der Waals surface area contributed by atoms with E-state index in [0.717, 1.165) is 12.4 Å². The molecule has 0 amide bonds. The van der Waals surface area contributed by atoms with E-state index in [1.807, 2.05) is 0 Å². The lowest BCUT2D eigenvalue weighted by molar-refractivity contribution is 0.475. The fourth-order valence-corrected chi connectivity index (χ4v) is 2.23. The smallest absolute Gasteiger partial charge is 0.264 e. The Kier molecular flexibility index (Phi) is 3.35. The van der Waals surface area contributed by atoms with E-state index in [0.29, 0.717) is 5.69 Å². The van der Waals surface area contributed by atoms with Gasteiger partial charge in [-0.2, -0.15) is 0 Å². The van der Waals surface area contributed by atoms with Crippen LogP contribution >= 0.6 is 11.6 Å². The highest BCUT2D eigenvalue weighted by Gasteiger charge is 2.15. The topological polar surface area (TPSA) is 92.2 Å². The second-order valence-electron chi connectivity index (χ2n) is 3.34. The van der Waals surface area contributed by atoms with Gasteiger partial charge in [0.05, 0.1) is 12.4 Å². The molecule has 2 rings (SSSR count). The molecular weight excluding hydrogens is 278 g/mol. The number of aromatic nitrogens is 2. The molecule has 0 unspecified atom stereocenters. The van der Waals surface area contributed by atoms with Gasteiger partial charge in [-0.25, -0.2) is 18.4 Å². The molecule has 0 radical (unpaired) electrons. The fourth-order valence-electron chi connectivity index (χ4n) is 1.18. The molecule has 0 aliphatic heterocycles. The molecule has 8 heteroatoms. The van der Waals surface area contributed by atoms with Gasteiger partial charge < -0.3 is 5.11 Å². The van der Waals surface area contributed by atoms with E-state index in [2.05, 4.69) is 14.7 Å². The molecule has 0 atom stereocenters. The summed E-state index contributed by atoms with van der Waals surface area (Å²) in [4.78, 5) is 7.10. The zero-order valence-electron chi connectivity index (χ0n) is 8.91. The molecule has 1 heterocycles. The molecule has 6 nitrogen and oxygen atoms in total. The Hall–Kier alpha value is -1.86. The van der Waals surface area contributed by atoms with Gasteiger partial charge in [0, 0.05) is 5.69 Å². The molecule has 2 aromatic rings. The number of anilines is 1. The van der Waals surface area contributed by atoms with Crippen LogP contribution in [0.1, 0.15) is 0 Å². The molecule has 0 spiro atoms. The standard InChI is InChI=1S/C10H8ClN3O3S/c11-10-12-5-9(6-13-10)18(16,17)14-7-1-3-8(15)4-2-7/h1-6,14-15H. The van der Waals surface area contributed by atoms with Gasteiger partial charge in [0.15, 0.2) is 0 Å². The lowest BCUT2D eigenvalue weighted by Gasteiger charge is -2.07. The number of halogens is 1. The molecule has 1 aromatic heterocycles. The van der Waals surface area contributed by atoms with Gasteiger partial charge >= 0.3 is 0 Å². The first-order chi connectivity index (χ1) is 8.47. The van der Waals surface area contributed by atoms with Crippen LogP contribution in [0.15, 0.2) is 41.6 Å². The Bertz CT molecular complexity index is 641. The quantitative estimate of drug-likeness (QED) is 0.660. The summed E-state index contributed by atoms with van der Waals surface area (Å²) in [5.74, 6) is 0.0489. The largest absolute Gasteiger partial charge is 0.508 e. The average molecular weight is 286 g/mol. The molecule has 94 valence electrons. The molecule has 0 saturated carbocycles. The number of hydrogen-bond acceptors (Lipinski definition) is 5. The molecule has 18 heavy (non-hydrogen) atoms. The van der Waals surface area contributed by atoms with Gasteiger partial charge in [0.1, 0.15) is 10.6 Å². The van der Waals surface area contributed by atoms with Gasteiger partial charge in [-0.15, -0.1) is 0 Å². The number of phenolic OH excluding ortho intramolecular Hbond substituents is 1. The Morgan fingerprint density at radius 2 is 1.67 bits per heavy atom. The summed E-state index contributed by atoms with van der Waals surface area (Å²) >= 11 is 5.47. The normalized spacial score (nSPS) is 11.2. The predicted molar refractivity (Wildman–Crippen MR) is 66.0 cm³/mol. The van der Waals surface area contributed by atoms with E-state index in [4.69, 9.17) is 16.7 Å². The third-order valence-electron chi connectivity index (χ3n) is 2.03. The van der Waals surface area contributed by atoms with Gasteiger partial charge in [-0.1, -0.05) is 0 Å². The van der Waals surface area contributed by atoms with Crippen LogP contribution in [-0.2, 0) is 10.0 Å². The molecule has 0 fully saturated rings. The van der Waals surface area contributed by atoms with Crippen LogP contribution in [-0.4, -0.2) is 23.5 Å². The van der Waals surface area contributed by atoms with Crippen molar-refractivity contribution >= 4 is 27.3 Å². The van der Waals surface area contributed by atoms with Crippen molar-refractivity contribution in [3.8, 4) is 5.75 Å². The first kappa shape index (κ1) is 12.6. The van der Waals surface area contributed by atoms with Crippen molar-refractivity contribution in [2.24, 2.45) is 0 Å². The van der Waals surface area contributed by atoms with Crippen molar-refractivity contribution in [1.82, 2.24) is 9.97 Å². The Labute approximate surface area is 108 Å². The molecule has 0 aliphatic rings. The van der Waals surface area contributed by atoms with Crippen molar-refractivity contribution in [3.63, 3.8) is 0 Å². The maximum atomic E-state index is 11.9. The number of phenols is 1. The minimum Gasteiger partial charge on any atom is -0.508 e. The van der Waals surface area contributed by atoms with Gasteiger partial charge in [0.25, 0.3) is 10.0 Å². The average Bonchev–Trinajstić information content (AvgIpc) is 2.32. The summed E-state index contributed by atoms with van der Waals surface area (Å²) in [7, 11) is -3.76. The molecule has 0 saturated heterocycles. The van der Waals surface area contributed by atoms with Crippen molar-refractivity contribution in [3.05, 3.63) is 41.9 Å². The number of hydrogen-bond donors (Lipinski definition) is 2. The zero-order valence-corrected chi connectivity index (χ0v) is 10.5. The zero-order chi connectivity index (χ0) is 13.2. The highest BCUT2D eigenvalue weighted by atomic mass is 35.5. The highest BCUT2D eigenvalue weighted by Crippen LogP contribution is 2.18. The maximum absolute atomic E-state index is 11.9. The second-order valence-corrected chi connectivity index (χ2v) is 5.36. The number of sulfonamides is 1. The van der Waals surface area contributed by atoms with E-state index in [1.165, 1.54) is 24.3 Å². The first-order valence-electron chi connectivity index (χ1n) is 4.77. The number of rotatable bonds is 3. The summed E-state index contributed by atoms with van der Waals surface area (Å²) in [6, 6.07) is 5.61. The summed E-state index contributed by atoms with van der Waals surface area (Å²) in [5.41, 5.74) is 0.322. The SMILES string of the molecule is O=S(=O)(Nc1ccc(O)cc1)c1cnc(Cl)nc1. The number of nitrogens with one attached hydrogen (secondary N) is 1. The molecule has 0 bridgehead atoms. The summed E-state index contributed by atoms with van der Waals surface area (Å²) in [6.45, 7) is 0. The lowest BCUT2D eigenvalue weighted by Crippen LogP contribution is -2.13. The van der Waals surface area contributed by atoms with E-state index in [1.54, 1.807) is 0 Å². The van der Waals surface area contributed by atoms with Crippen molar-refractivity contribution in [2.45, 2.75) is 4.90 Å². The maximum Gasteiger partial charge on any atom is 0.264 e. The molecular formula is C10H8ClN3O3S. The van der Waals surface area contributed by atoms with Crippen molar-refractivity contribution < 1.29 is 13.5 Å². The van der Waals surface area contributed by atoms with Crippen LogP contribution in [0.25, 0.3) is 0 Å². The van der Waals surface area contributed by atoms with Crippen LogP contribution in [0.3, 0.4) is 0 Å². The lowest BCUT2D eigenvalue weighted by atomic mass is 10.3. The third kappa shape index (κ3) is 2.88. The Balaban J connectivity index is 2.27. The highest BCUT2D eigenvalue weighted by molar-refractivity contribution is 7.92. The minimum absolute atomic E-state index is 0.0291. The predicted octanol–water partition coefficient (Wildman–Crippen LogP) is 1.64. The van der Waals surface area contributed by atoms with Crippen LogP contribution in [0.2, 0.25) is 5.28 Å². The van der Waals surface area contributed by atoms with E-state index >= 15 is 0 Å². The molecule has 1 aromatic carbocycles. The van der Waals surface area contributed by atoms with Crippen molar-refractivity contribution in [2.75, 3.05) is 4.72 Å². The monoisotopic (exact) mass is 285 g/mol. The Morgan fingerprint density at radius 1 is 1.11 bits per heavy atom. The summed E-state index contributed by atoms with van der Waals surface area (Å²) in [6.07, 6.45) is 2.22. The summed E-state index contributed by atoms with van der Waals surface area (Å²) < 4.78 is 26.1. The fraction of sp³-hybridized carbons (Fsp3) is 0. The minimum atomic E-state index is -3.76. The van der Waals surface area contributed by atoms with Crippen LogP contribution < -0.4 is 4.72 Å². The van der Waals surface area contributed by atoms with Crippen molar-refractivity contribution in [1.29, 1.82) is 0 Å². The first-order valence-corrected chi connectivity index (χ1v) is 6.63. The van der Waals surface area contributed by atoms with Gasteiger partial charge in [-0.3, -0.25) is 4.72 Å². The van der Waals surface area contributed by atoms with E-state index in [-0.39, 0.29) is 15.9 Å². The van der Waals surface area contributed by atoms with Crippen LogP contribution in [0, 0.1) is 0 Å². The molecule has 0 aliphatic carbocycles. The number of aromatic hydroxyl groups is 1. The summed E-state index contributed by atoms with van der Waals surface area (Å²) in [5, 5.41) is 9.06. The van der Waals surface area contributed by atoms with E-state index in [9.17, 15) is 8.42 Å². The van der Waals surface area contributed by atoms with Gasteiger partial charge in [-0.05, 0) is 35.9 Å². The Morgan fingerprint density at radius 3 is 2.22 bits per heavy atom. The third-order valence-corrected chi connectivity index (χ3v) is 3.56.